The fourth-order valence-corrected chi connectivity index (χ4v) is 2.53. The number of nitrogens with zero attached hydrogens (tertiary/aromatic N) is 1. The van der Waals surface area contributed by atoms with Gasteiger partial charge in [-0.15, -0.1) is 0 Å². The van der Waals surface area contributed by atoms with E-state index in [9.17, 15) is 0 Å². The zero-order chi connectivity index (χ0) is 15.9. The molecule has 0 aliphatic carbocycles. The molecular weight excluding hydrogens is 274 g/mol. The molecule has 2 rings (SSSR count). The van der Waals surface area contributed by atoms with Gasteiger partial charge >= 0.3 is 0 Å². The van der Waals surface area contributed by atoms with Crippen molar-refractivity contribution in [2.24, 2.45) is 16.6 Å². The van der Waals surface area contributed by atoms with Crippen LogP contribution in [-0.4, -0.2) is 11.1 Å². The minimum atomic E-state index is -0.0189. The van der Waals surface area contributed by atoms with E-state index in [1.54, 1.807) is 0 Å². The van der Waals surface area contributed by atoms with Crippen molar-refractivity contribution in [3.8, 4) is 0 Å². The Bertz CT molecular complexity index is 621. The smallest absolute Gasteiger partial charge is 0.0388 e. The average Bonchev–Trinajstić information content (AvgIpc) is 2.56. The third-order valence-corrected chi connectivity index (χ3v) is 3.76. The summed E-state index contributed by atoms with van der Waals surface area (Å²) in [5, 5.41) is 11.9. The maximum absolute atomic E-state index is 8.80. The molecule has 22 heavy (non-hydrogen) atoms. The summed E-state index contributed by atoms with van der Waals surface area (Å²) in [5.74, 6) is 2.63. The molecule has 0 aliphatic rings. The van der Waals surface area contributed by atoms with Crippen LogP contribution in [-0.2, 0) is 13.1 Å². The summed E-state index contributed by atoms with van der Waals surface area (Å²) >= 11 is 0. The Balaban J connectivity index is 2.47. The van der Waals surface area contributed by atoms with E-state index in [0.717, 1.165) is 27.8 Å². The standard InChI is InChI=1S/C18H21N3O/c1-13(12-21-22)18(16-6-2-14(10-19)3-7-16)17-8-4-15(11-20)5-9-17/h2-9,18,22H,10-11,19-20H2,1H3. The lowest BCUT2D eigenvalue weighted by molar-refractivity contribution is 0.322. The average molecular weight is 295 g/mol. The van der Waals surface area contributed by atoms with Crippen LogP contribution in [0.2, 0.25) is 0 Å². The van der Waals surface area contributed by atoms with Gasteiger partial charge in [-0.05, 0) is 34.3 Å². The number of allylic oxidation sites excluding steroid dienone is 1. The van der Waals surface area contributed by atoms with Crippen LogP contribution in [0.5, 0.6) is 0 Å². The lowest BCUT2D eigenvalue weighted by Crippen LogP contribution is -2.05. The molecule has 2 aromatic rings. The SMILES string of the molecule is CC(=C=NO)C(c1ccc(CN)cc1)c1ccc(CN)cc1. The largest absolute Gasteiger partial charge is 0.404 e. The quantitative estimate of drug-likeness (QED) is 0.450. The van der Waals surface area contributed by atoms with Gasteiger partial charge in [0.15, 0.2) is 0 Å². The van der Waals surface area contributed by atoms with Crippen molar-refractivity contribution in [3.63, 3.8) is 0 Å². The van der Waals surface area contributed by atoms with E-state index in [0.29, 0.717) is 13.1 Å². The maximum Gasteiger partial charge on any atom is 0.0388 e. The second-order valence-corrected chi connectivity index (χ2v) is 5.22. The van der Waals surface area contributed by atoms with Crippen LogP contribution in [0.3, 0.4) is 0 Å². The van der Waals surface area contributed by atoms with Crippen LogP contribution < -0.4 is 11.5 Å². The molecule has 0 saturated carbocycles. The Morgan fingerprint density at radius 1 is 0.955 bits per heavy atom. The molecule has 114 valence electrons. The van der Waals surface area contributed by atoms with Crippen molar-refractivity contribution in [2.45, 2.75) is 25.9 Å². The van der Waals surface area contributed by atoms with Gasteiger partial charge in [0.05, 0.1) is 0 Å². The van der Waals surface area contributed by atoms with Crippen molar-refractivity contribution < 1.29 is 5.21 Å². The first-order valence-corrected chi connectivity index (χ1v) is 7.21. The van der Waals surface area contributed by atoms with Gasteiger partial charge in [-0.3, -0.25) is 0 Å². The van der Waals surface area contributed by atoms with E-state index < -0.39 is 0 Å². The van der Waals surface area contributed by atoms with Gasteiger partial charge in [0.25, 0.3) is 0 Å². The van der Waals surface area contributed by atoms with Gasteiger partial charge in [0, 0.05) is 30.5 Å². The molecular formula is C18H21N3O. The van der Waals surface area contributed by atoms with E-state index in [4.69, 9.17) is 16.7 Å². The molecule has 0 bridgehead atoms. The van der Waals surface area contributed by atoms with Crippen molar-refractivity contribution >= 4 is 5.87 Å². The highest BCUT2D eigenvalue weighted by atomic mass is 16.4. The first-order valence-electron chi connectivity index (χ1n) is 7.21. The Hall–Kier alpha value is -2.39. The first kappa shape index (κ1) is 16.0. The molecule has 0 unspecified atom stereocenters. The van der Waals surface area contributed by atoms with Crippen LogP contribution in [0.1, 0.15) is 35.1 Å². The van der Waals surface area contributed by atoms with Crippen LogP contribution in [0.15, 0.2) is 59.3 Å². The first-order chi connectivity index (χ1) is 10.7. The number of nitrogens with two attached hydrogens (primary N) is 2. The van der Waals surface area contributed by atoms with Crippen molar-refractivity contribution in [1.82, 2.24) is 0 Å². The van der Waals surface area contributed by atoms with Crippen molar-refractivity contribution in [1.29, 1.82) is 0 Å². The fourth-order valence-electron chi connectivity index (χ4n) is 2.53. The monoisotopic (exact) mass is 295 g/mol. The molecule has 5 N–H and O–H groups in total. The zero-order valence-corrected chi connectivity index (χ0v) is 12.7. The number of hydrogen-bond acceptors (Lipinski definition) is 4. The van der Waals surface area contributed by atoms with E-state index in [1.807, 2.05) is 55.5 Å². The van der Waals surface area contributed by atoms with Gasteiger partial charge in [-0.1, -0.05) is 48.5 Å². The Kier molecular flexibility index (Phi) is 5.50. The number of hydrogen-bond donors (Lipinski definition) is 3. The second kappa shape index (κ2) is 7.57. The second-order valence-electron chi connectivity index (χ2n) is 5.22. The minimum absolute atomic E-state index is 0.0189. The lowest BCUT2D eigenvalue weighted by Gasteiger charge is -2.18. The molecule has 2 aromatic carbocycles. The highest BCUT2D eigenvalue weighted by Crippen LogP contribution is 2.30. The Labute approximate surface area is 130 Å². The van der Waals surface area contributed by atoms with Crippen LogP contribution in [0, 0.1) is 0 Å². The van der Waals surface area contributed by atoms with Crippen molar-refractivity contribution in [2.75, 3.05) is 0 Å². The van der Waals surface area contributed by atoms with Gasteiger partial charge in [0.2, 0.25) is 0 Å². The predicted molar refractivity (Wildman–Crippen MR) is 88.9 cm³/mol. The Morgan fingerprint density at radius 2 is 1.36 bits per heavy atom. The van der Waals surface area contributed by atoms with Gasteiger partial charge in [0.1, 0.15) is 0 Å². The minimum Gasteiger partial charge on any atom is -0.404 e. The van der Waals surface area contributed by atoms with E-state index in [-0.39, 0.29) is 5.92 Å². The molecule has 0 fully saturated rings. The number of benzene rings is 2. The van der Waals surface area contributed by atoms with Crippen LogP contribution >= 0.6 is 0 Å². The topological polar surface area (TPSA) is 84.6 Å². The Morgan fingerprint density at radius 3 is 1.68 bits per heavy atom. The summed E-state index contributed by atoms with van der Waals surface area (Å²) in [4.78, 5) is 0. The summed E-state index contributed by atoms with van der Waals surface area (Å²) in [5.41, 5.74) is 16.5. The normalized spacial score (nSPS) is 10.4. The molecule has 0 saturated heterocycles. The molecule has 4 nitrogen and oxygen atoms in total. The third kappa shape index (κ3) is 3.62. The fraction of sp³-hybridized carbons (Fsp3) is 0.222. The maximum atomic E-state index is 8.80. The van der Waals surface area contributed by atoms with Crippen LogP contribution in [0.4, 0.5) is 0 Å². The van der Waals surface area contributed by atoms with Gasteiger partial charge < -0.3 is 16.7 Å². The summed E-state index contributed by atoms with van der Waals surface area (Å²) in [6.45, 7) is 2.93. The molecule has 0 radical (unpaired) electrons. The molecule has 0 heterocycles. The van der Waals surface area contributed by atoms with Crippen LogP contribution in [0.25, 0.3) is 0 Å². The molecule has 0 spiro atoms. The van der Waals surface area contributed by atoms with Gasteiger partial charge in [-0.25, -0.2) is 0 Å². The summed E-state index contributed by atoms with van der Waals surface area (Å²) in [7, 11) is 0. The summed E-state index contributed by atoms with van der Waals surface area (Å²) in [6, 6.07) is 16.2. The molecule has 0 amide bonds. The number of rotatable bonds is 5. The summed E-state index contributed by atoms with van der Waals surface area (Å²) in [6.07, 6.45) is 0. The molecule has 4 heteroatoms. The van der Waals surface area contributed by atoms with E-state index in [2.05, 4.69) is 11.0 Å². The lowest BCUT2D eigenvalue weighted by atomic mass is 9.85. The van der Waals surface area contributed by atoms with Gasteiger partial charge in [-0.2, -0.15) is 0 Å². The predicted octanol–water partition coefficient (Wildman–Crippen LogP) is 2.74. The van der Waals surface area contributed by atoms with E-state index >= 15 is 0 Å². The third-order valence-electron chi connectivity index (χ3n) is 3.76. The molecule has 0 atom stereocenters. The zero-order valence-electron chi connectivity index (χ0n) is 12.7. The van der Waals surface area contributed by atoms with E-state index in [1.165, 1.54) is 0 Å². The highest BCUT2D eigenvalue weighted by Gasteiger charge is 2.16. The molecule has 0 aromatic heterocycles. The highest BCUT2D eigenvalue weighted by molar-refractivity contribution is 5.62. The molecule has 0 aliphatic heterocycles. The van der Waals surface area contributed by atoms with Crippen molar-refractivity contribution in [3.05, 3.63) is 76.4 Å². The summed E-state index contributed by atoms with van der Waals surface area (Å²) < 4.78 is 0.